The Morgan fingerprint density at radius 3 is 2.27 bits per heavy atom. The van der Waals surface area contributed by atoms with Crippen molar-refractivity contribution in [1.29, 1.82) is 0 Å². The Morgan fingerprint density at radius 2 is 1.80 bits per heavy atom. The minimum absolute atomic E-state index is 0.0155. The van der Waals surface area contributed by atoms with Crippen molar-refractivity contribution in [2.24, 2.45) is 23.7 Å². The van der Waals surface area contributed by atoms with Gasteiger partial charge in [0.05, 0.1) is 11.8 Å². The van der Waals surface area contributed by atoms with Crippen LogP contribution in [0.1, 0.15) is 6.42 Å². The largest absolute Gasteiger partial charge is 0.278 e. The zero-order chi connectivity index (χ0) is 10.6. The van der Waals surface area contributed by atoms with E-state index in [1.165, 1.54) is 4.90 Å². The molecule has 3 nitrogen and oxygen atoms in total. The van der Waals surface area contributed by atoms with Crippen LogP contribution in [0.2, 0.25) is 0 Å². The van der Waals surface area contributed by atoms with Gasteiger partial charge in [0.1, 0.15) is 0 Å². The molecule has 0 aromatic rings. The molecule has 4 unspecified atom stereocenters. The Kier molecular flexibility index (Phi) is 1.67. The van der Waals surface area contributed by atoms with Crippen LogP contribution in [0.15, 0.2) is 24.8 Å². The van der Waals surface area contributed by atoms with E-state index in [0.717, 1.165) is 6.42 Å². The highest BCUT2D eigenvalue weighted by Crippen LogP contribution is 2.52. The van der Waals surface area contributed by atoms with Crippen LogP contribution >= 0.6 is 0 Å². The second-order valence-electron chi connectivity index (χ2n) is 4.58. The van der Waals surface area contributed by atoms with Crippen molar-refractivity contribution >= 4 is 11.8 Å². The standard InChI is InChI=1S/C12H13NO2/c1-2-5-13-11(14)9-7-3-4-8(6-7)10(9)12(13)15/h2-4,7-10H,1,5-6H2. The van der Waals surface area contributed by atoms with Crippen LogP contribution in [0.4, 0.5) is 0 Å². The lowest BCUT2D eigenvalue weighted by molar-refractivity contribution is -0.140. The Hall–Kier alpha value is -1.38. The Balaban J connectivity index is 1.96. The summed E-state index contributed by atoms with van der Waals surface area (Å²) >= 11 is 0. The van der Waals surface area contributed by atoms with Crippen LogP contribution in [-0.4, -0.2) is 23.3 Å². The van der Waals surface area contributed by atoms with Crippen molar-refractivity contribution in [2.45, 2.75) is 6.42 Å². The van der Waals surface area contributed by atoms with Crippen LogP contribution in [0.5, 0.6) is 0 Å². The lowest BCUT2D eigenvalue weighted by Gasteiger charge is -2.14. The molecule has 3 aliphatic rings. The van der Waals surface area contributed by atoms with Crippen LogP contribution in [0.25, 0.3) is 0 Å². The summed E-state index contributed by atoms with van der Waals surface area (Å²) in [7, 11) is 0. The van der Waals surface area contributed by atoms with Gasteiger partial charge in [-0.3, -0.25) is 14.5 Å². The van der Waals surface area contributed by atoms with Gasteiger partial charge in [-0.2, -0.15) is 0 Å². The number of rotatable bonds is 2. The van der Waals surface area contributed by atoms with Gasteiger partial charge in [0.25, 0.3) is 0 Å². The van der Waals surface area contributed by atoms with E-state index in [-0.39, 0.29) is 23.7 Å². The first-order chi connectivity index (χ1) is 7.24. The van der Waals surface area contributed by atoms with Crippen LogP contribution < -0.4 is 0 Å². The molecule has 3 heteroatoms. The van der Waals surface area contributed by atoms with E-state index in [1.807, 2.05) is 0 Å². The number of carbonyl (C=O) groups excluding carboxylic acids is 2. The minimum atomic E-state index is -0.0625. The summed E-state index contributed by atoms with van der Waals surface area (Å²) < 4.78 is 0. The molecular formula is C12H13NO2. The molecule has 0 aromatic carbocycles. The molecule has 1 saturated carbocycles. The van der Waals surface area contributed by atoms with Crippen molar-refractivity contribution in [3.8, 4) is 0 Å². The lowest BCUT2D eigenvalue weighted by atomic mass is 9.85. The molecule has 1 aliphatic heterocycles. The summed E-state index contributed by atoms with van der Waals surface area (Å²) in [5.41, 5.74) is 0. The zero-order valence-corrected chi connectivity index (χ0v) is 8.43. The topological polar surface area (TPSA) is 37.4 Å². The molecule has 0 N–H and O–H groups in total. The van der Waals surface area contributed by atoms with E-state index < -0.39 is 0 Å². The fourth-order valence-electron chi connectivity index (χ4n) is 3.27. The number of imide groups is 1. The smallest absolute Gasteiger partial charge is 0.234 e. The number of likely N-dealkylation sites (tertiary alicyclic amines) is 1. The Labute approximate surface area is 88.4 Å². The van der Waals surface area contributed by atoms with E-state index in [0.29, 0.717) is 18.4 Å². The third-order valence-electron chi connectivity index (χ3n) is 3.87. The van der Waals surface area contributed by atoms with Gasteiger partial charge < -0.3 is 0 Å². The summed E-state index contributed by atoms with van der Waals surface area (Å²) in [5, 5.41) is 0. The number of hydrogen-bond acceptors (Lipinski definition) is 2. The van der Waals surface area contributed by atoms with Gasteiger partial charge in [0, 0.05) is 6.54 Å². The number of nitrogens with zero attached hydrogens (tertiary/aromatic N) is 1. The van der Waals surface area contributed by atoms with Crippen molar-refractivity contribution in [1.82, 2.24) is 4.90 Å². The molecule has 0 aromatic heterocycles. The van der Waals surface area contributed by atoms with E-state index in [1.54, 1.807) is 6.08 Å². The van der Waals surface area contributed by atoms with Crippen molar-refractivity contribution in [3.63, 3.8) is 0 Å². The maximum atomic E-state index is 12.0. The average Bonchev–Trinajstić information content (AvgIpc) is 2.87. The number of fused-ring (bicyclic) bond motifs is 5. The van der Waals surface area contributed by atoms with Gasteiger partial charge in [0.2, 0.25) is 11.8 Å². The second-order valence-corrected chi connectivity index (χ2v) is 4.58. The summed E-state index contributed by atoms with van der Waals surface area (Å²) in [6, 6.07) is 0. The second kappa shape index (κ2) is 2.81. The van der Waals surface area contributed by atoms with Gasteiger partial charge in [-0.05, 0) is 18.3 Å². The summed E-state index contributed by atoms with van der Waals surface area (Å²) in [6.07, 6.45) is 6.82. The summed E-state index contributed by atoms with van der Waals surface area (Å²) in [5.74, 6) is 0.529. The number of hydrogen-bond donors (Lipinski definition) is 0. The lowest BCUT2D eigenvalue weighted by Crippen LogP contribution is -2.32. The molecule has 0 radical (unpaired) electrons. The van der Waals surface area contributed by atoms with Gasteiger partial charge in [0.15, 0.2) is 0 Å². The molecule has 2 bridgehead atoms. The SMILES string of the molecule is C=CCN1C(=O)C2C3C=CC(C3)C2C1=O. The molecule has 3 rings (SSSR count). The third-order valence-corrected chi connectivity index (χ3v) is 3.87. The Bertz CT molecular complexity index is 355. The van der Waals surface area contributed by atoms with Crippen LogP contribution in [-0.2, 0) is 9.59 Å². The predicted octanol–water partition coefficient (Wildman–Crippen LogP) is 0.980. The first kappa shape index (κ1) is 8.89. The van der Waals surface area contributed by atoms with Crippen LogP contribution in [0, 0.1) is 23.7 Å². The summed E-state index contributed by atoms with van der Waals surface area (Å²) in [6.45, 7) is 3.94. The molecular weight excluding hydrogens is 190 g/mol. The quantitative estimate of drug-likeness (QED) is 0.495. The number of carbonyl (C=O) groups is 2. The average molecular weight is 203 g/mol. The molecule has 2 fully saturated rings. The van der Waals surface area contributed by atoms with E-state index >= 15 is 0 Å². The molecule has 4 atom stereocenters. The molecule has 1 saturated heterocycles. The van der Waals surface area contributed by atoms with Gasteiger partial charge in [-0.15, -0.1) is 6.58 Å². The fraction of sp³-hybridized carbons (Fsp3) is 0.500. The molecule has 2 aliphatic carbocycles. The normalized spacial score (nSPS) is 41.5. The fourth-order valence-corrected chi connectivity index (χ4v) is 3.27. The van der Waals surface area contributed by atoms with Crippen molar-refractivity contribution in [3.05, 3.63) is 24.8 Å². The van der Waals surface area contributed by atoms with Crippen molar-refractivity contribution in [2.75, 3.05) is 6.54 Å². The number of amides is 2. The summed E-state index contributed by atoms with van der Waals surface area (Å²) in [4.78, 5) is 25.4. The zero-order valence-electron chi connectivity index (χ0n) is 8.43. The first-order valence-corrected chi connectivity index (χ1v) is 5.38. The minimum Gasteiger partial charge on any atom is -0.278 e. The number of allylic oxidation sites excluding steroid dienone is 2. The highest BCUT2D eigenvalue weighted by atomic mass is 16.2. The van der Waals surface area contributed by atoms with Crippen LogP contribution in [0.3, 0.4) is 0 Å². The molecule has 2 amide bonds. The molecule has 15 heavy (non-hydrogen) atoms. The van der Waals surface area contributed by atoms with Gasteiger partial charge >= 0.3 is 0 Å². The maximum Gasteiger partial charge on any atom is 0.234 e. The van der Waals surface area contributed by atoms with Gasteiger partial charge in [-0.25, -0.2) is 0 Å². The van der Waals surface area contributed by atoms with E-state index in [4.69, 9.17) is 0 Å². The molecule has 1 heterocycles. The Morgan fingerprint density at radius 1 is 1.27 bits per heavy atom. The molecule has 78 valence electrons. The van der Waals surface area contributed by atoms with Gasteiger partial charge in [-0.1, -0.05) is 18.2 Å². The van der Waals surface area contributed by atoms with E-state index in [9.17, 15) is 9.59 Å². The highest BCUT2D eigenvalue weighted by Gasteiger charge is 2.58. The predicted molar refractivity (Wildman–Crippen MR) is 54.6 cm³/mol. The monoisotopic (exact) mass is 203 g/mol. The third kappa shape index (κ3) is 0.954. The maximum absolute atomic E-state index is 12.0. The van der Waals surface area contributed by atoms with E-state index in [2.05, 4.69) is 18.7 Å². The molecule has 0 spiro atoms. The van der Waals surface area contributed by atoms with Crippen molar-refractivity contribution < 1.29 is 9.59 Å². The first-order valence-electron chi connectivity index (χ1n) is 5.38. The highest BCUT2D eigenvalue weighted by molar-refractivity contribution is 6.06.